The Hall–Kier alpha value is -3.15. The topological polar surface area (TPSA) is 86.7 Å². The van der Waals surface area contributed by atoms with Crippen molar-refractivity contribution in [3.05, 3.63) is 65.2 Å². The van der Waals surface area contributed by atoms with Crippen LogP contribution >= 0.6 is 0 Å². The van der Waals surface area contributed by atoms with E-state index in [-0.39, 0.29) is 23.8 Å². The first-order valence-corrected chi connectivity index (χ1v) is 8.44. The van der Waals surface area contributed by atoms with Crippen molar-refractivity contribution in [3.8, 4) is 0 Å². The molecule has 0 radical (unpaired) electrons. The number of nitrogens with zero attached hydrogens (tertiary/aromatic N) is 1. The van der Waals surface area contributed by atoms with Crippen molar-refractivity contribution in [1.82, 2.24) is 4.90 Å². The summed E-state index contributed by atoms with van der Waals surface area (Å²) in [6.45, 7) is 2.16. The van der Waals surface area contributed by atoms with Gasteiger partial charge in [-0.05, 0) is 36.6 Å². The van der Waals surface area contributed by atoms with Crippen LogP contribution in [0.5, 0.6) is 0 Å². The minimum absolute atomic E-state index is 0.0738. The monoisotopic (exact) mass is 352 g/mol. The third-order valence-electron chi connectivity index (χ3n) is 4.53. The van der Waals surface area contributed by atoms with Crippen LogP contribution in [0, 0.1) is 6.92 Å². The molecule has 0 aromatic heterocycles. The normalized spacial score (nSPS) is 16.8. The van der Waals surface area contributed by atoms with Crippen molar-refractivity contribution >= 4 is 23.5 Å². The van der Waals surface area contributed by atoms with E-state index in [0.29, 0.717) is 18.7 Å². The molecule has 1 saturated heterocycles. The first kappa shape index (κ1) is 17.7. The number of aromatic carboxylic acids is 1. The standard InChI is InChI=1S/C20H20N2O4/c1-13-7-8-15(20(25)26)11-16(13)21-17-12-18(23)22(19(17)24)10-9-14-5-3-2-4-6-14/h2-8,11,17,21H,9-10,12H2,1H3,(H,25,26). The third kappa shape index (κ3) is 3.74. The number of amides is 2. The molecular weight excluding hydrogens is 332 g/mol. The van der Waals surface area contributed by atoms with E-state index in [0.717, 1.165) is 11.1 Å². The number of carbonyl (C=O) groups excluding carboxylic acids is 2. The number of carbonyl (C=O) groups is 3. The number of anilines is 1. The summed E-state index contributed by atoms with van der Waals surface area (Å²) in [6.07, 6.45) is 0.683. The van der Waals surface area contributed by atoms with E-state index in [2.05, 4.69) is 5.32 Å². The Bertz CT molecular complexity index is 848. The maximum absolute atomic E-state index is 12.6. The van der Waals surface area contributed by atoms with Crippen LogP contribution in [0.1, 0.15) is 27.9 Å². The number of imide groups is 1. The minimum atomic E-state index is -1.04. The van der Waals surface area contributed by atoms with Crippen LogP contribution in [0.25, 0.3) is 0 Å². The lowest BCUT2D eigenvalue weighted by atomic mass is 10.1. The number of carboxylic acids is 1. The Kier molecular flexibility index (Phi) is 5.02. The summed E-state index contributed by atoms with van der Waals surface area (Å²) in [5.41, 5.74) is 2.57. The molecule has 26 heavy (non-hydrogen) atoms. The number of rotatable bonds is 6. The molecule has 1 fully saturated rings. The van der Waals surface area contributed by atoms with Crippen molar-refractivity contribution in [2.75, 3.05) is 11.9 Å². The maximum Gasteiger partial charge on any atom is 0.335 e. The fourth-order valence-corrected chi connectivity index (χ4v) is 3.01. The van der Waals surface area contributed by atoms with Gasteiger partial charge in [0.05, 0.1) is 12.0 Å². The summed E-state index contributed by atoms with van der Waals surface area (Å²) in [4.78, 5) is 37.2. The number of hydrogen-bond donors (Lipinski definition) is 2. The zero-order chi connectivity index (χ0) is 18.7. The average Bonchev–Trinajstić information content (AvgIpc) is 2.89. The smallest absolute Gasteiger partial charge is 0.335 e. The highest BCUT2D eigenvalue weighted by atomic mass is 16.4. The van der Waals surface area contributed by atoms with Crippen LogP contribution in [0.2, 0.25) is 0 Å². The molecule has 1 aliphatic rings. The van der Waals surface area contributed by atoms with Gasteiger partial charge < -0.3 is 10.4 Å². The molecule has 2 aromatic carbocycles. The predicted octanol–water partition coefficient (Wildman–Crippen LogP) is 2.48. The third-order valence-corrected chi connectivity index (χ3v) is 4.53. The van der Waals surface area contributed by atoms with Crippen LogP contribution in [-0.2, 0) is 16.0 Å². The van der Waals surface area contributed by atoms with Gasteiger partial charge in [0.2, 0.25) is 5.91 Å². The molecule has 6 nitrogen and oxygen atoms in total. The van der Waals surface area contributed by atoms with Gasteiger partial charge in [0.25, 0.3) is 5.91 Å². The summed E-state index contributed by atoms with van der Waals surface area (Å²) in [7, 11) is 0. The molecule has 1 aliphatic heterocycles. The van der Waals surface area contributed by atoms with Crippen molar-refractivity contribution in [2.24, 2.45) is 0 Å². The molecule has 1 unspecified atom stereocenters. The van der Waals surface area contributed by atoms with E-state index in [9.17, 15) is 14.4 Å². The van der Waals surface area contributed by atoms with Gasteiger partial charge in [-0.3, -0.25) is 14.5 Å². The quantitative estimate of drug-likeness (QED) is 0.780. The summed E-state index contributed by atoms with van der Waals surface area (Å²) in [5, 5.41) is 12.2. The summed E-state index contributed by atoms with van der Waals surface area (Å²) in [6, 6.07) is 13.7. The number of likely N-dealkylation sites (tertiary alicyclic amines) is 1. The molecule has 0 saturated carbocycles. The number of carboxylic acid groups (broad SMARTS) is 1. The van der Waals surface area contributed by atoms with Crippen LogP contribution in [0.15, 0.2) is 48.5 Å². The SMILES string of the molecule is Cc1ccc(C(=O)O)cc1NC1CC(=O)N(CCc2ccccc2)C1=O. The van der Waals surface area contributed by atoms with E-state index in [1.54, 1.807) is 6.07 Å². The molecule has 1 atom stereocenters. The Morgan fingerprint density at radius 3 is 2.62 bits per heavy atom. The zero-order valence-electron chi connectivity index (χ0n) is 14.4. The molecule has 0 bridgehead atoms. The molecule has 1 heterocycles. The Morgan fingerprint density at radius 2 is 1.92 bits per heavy atom. The molecule has 2 N–H and O–H groups in total. The number of hydrogen-bond acceptors (Lipinski definition) is 4. The predicted molar refractivity (Wildman–Crippen MR) is 97.0 cm³/mol. The first-order valence-electron chi connectivity index (χ1n) is 8.44. The maximum atomic E-state index is 12.6. The molecule has 0 aliphatic carbocycles. The van der Waals surface area contributed by atoms with Crippen LogP contribution in [0.3, 0.4) is 0 Å². The van der Waals surface area contributed by atoms with Gasteiger partial charge in [0.15, 0.2) is 0 Å². The minimum Gasteiger partial charge on any atom is -0.478 e. The van der Waals surface area contributed by atoms with Crippen molar-refractivity contribution < 1.29 is 19.5 Å². The van der Waals surface area contributed by atoms with E-state index >= 15 is 0 Å². The lowest BCUT2D eigenvalue weighted by Crippen LogP contribution is -2.36. The fraction of sp³-hybridized carbons (Fsp3) is 0.250. The van der Waals surface area contributed by atoms with E-state index in [1.807, 2.05) is 37.3 Å². The molecule has 6 heteroatoms. The van der Waals surface area contributed by atoms with Gasteiger partial charge in [0, 0.05) is 12.2 Å². The molecular formula is C20H20N2O4. The highest BCUT2D eigenvalue weighted by Crippen LogP contribution is 2.23. The zero-order valence-corrected chi connectivity index (χ0v) is 14.4. The Balaban J connectivity index is 1.69. The summed E-state index contributed by atoms with van der Waals surface area (Å²) < 4.78 is 0. The van der Waals surface area contributed by atoms with Crippen LogP contribution in [0.4, 0.5) is 5.69 Å². The molecule has 2 aromatic rings. The van der Waals surface area contributed by atoms with Gasteiger partial charge in [0.1, 0.15) is 6.04 Å². The Labute approximate surface area is 151 Å². The highest BCUT2D eigenvalue weighted by molar-refractivity contribution is 6.07. The largest absolute Gasteiger partial charge is 0.478 e. The van der Waals surface area contributed by atoms with Crippen molar-refractivity contribution in [1.29, 1.82) is 0 Å². The van der Waals surface area contributed by atoms with Crippen LogP contribution < -0.4 is 5.32 Å². The number of benzene rings is 2. The van der Waals surface area contributed by atoms with E-state index < -0.39 is 12.0 Å². The van der Waals surface area contributed by atoms with Crippen molar-refractivity contribution in [3.63, 3.8) is 0 Å². The average molecular weight is 352 g/mol. The molecule has 3 rings (SSSR count). The second kappa shape index (κ2) is 7.39. The lowest BCUT2D eigenvalue weighted by Gasteiger charge is -2.17. The van der Waals surface area contributed by atoms with Gasteiger partial charge in [-0.15, -0.1) is 0 Å². The van der Waals surface area contributed by atoms with Crippen LogP contribution in [-0.4, -0.2) is 40.4 Å². The van der Waals surface area contributed by atoms with Gasteiger partial charge in [-0.2, -0.15) is 0 Å². The lowest BCUT2D eigenvalue weighted by molar-refractivity contribution is -0.138. The van der Waals surface area contributed by atoms with Gasteiger partial charge >= 0.3 is 5.97 Å². The molecule has 0 spiro atoms. The first-order chi connectivity index (χ1) is 12.5. The highest BCUT2D eigenvalue weighted by Gasteiger charge is 2.38. The van der Waals surface area contributed by atoms with Gasteiger partial charge in [-0.25, -0.2) is 4.79 Å². The molecule has 2 amide bonds. The second-order valence-electron chi connectivity index (χ2n) is 6.36. The number of aryl methyl sites for hydroxylation is 1. The molecule has 134 valence electrons. The second-order valence-corrected chi connectivity index (χ2v) is 6.36. The summed E-state index contributed by atoms with van der Waals surface area (Å²) >= 11 is 0. The summed E-state index contributed by atoms with van der Waals surface area (Å²) in [5.74, 6) is -1.52. The Morgan fingerprint density at radius 1 is 1.19 bits per heavy atom. The van der Waals surface area contributed by atoms with Gasteiger partial charge in [-0.1, -0.05) is 36.4 Å². The van der Waals surface area contributed by atoms with Crippen molar-refractivity contribution in [2.45, 2.75) is 25.8 Å². The number of nitrogens with one attached hydrogen (secondary N) is 1. The fourth-order valence-electron chi connectivity index (χ4n) is 3.01. The van der Waals surface area contributed by atoms with E-state index in [4.69, 9.17) is 5.11 Å². The van der Waals surface area contributed by atoms with E-state index in [1.165, 1.54) is 17.0 Å².